The van der Waals surface area contributed by atoms with Crippen molar-refractivity contribution >= 4 is 11.9 Å². The average molecular weight is 261 g/mol. The van der Waals surface area contributed by atoms with Gasteiger partial charge < -0.3 is 14.7 Å². The third-order valence-corrected chi connectivity index (χ3v) is 3.81. The van der Waals surface area contributed by atoms with Crippen molar-refractivity contribution in [2.75, 3.05) is 13.2 Å². The van der Waals surface area contributed by atoms with Crippen LogP contribution in [0.5, 0.6) is 5.75 Å². The molecular formula is C14H15NO4. The van der Waals surface area contributed by atoms with Crippen LogP contribution >= 0.6 is 0 Å². The van der Waals surface area contributed by atoms with Crippen molar-refractivity contribution in [3.05, 3.63) is 29.8 Å². The maximum atomic E-state index is 12.0. The van der Waals surface area contributed by atoms with Gasteiger partial charge >= 0.3 is 5.97 Å². The Balaban J connectivity index is 1.88. The number of para-hydroxylation sites is 1. The molecule has 1 aromatic carbocycles. The molecule has 5 heteroatoms. The molecule has 100 valence electrons. The first-order valence-corrected chi connectivity index (χ1v) is 6.41. The van der Waals surface area contributed by atoms with E-state index in [2.05, 4.69) is 0 Å². The van der Waals surface area contributed by atoms with E-state index in [1.807, 2.05) is 24.3 Å². The molecule has 0 radical (unpaired) electrons. The van der Waals surface area contributed by atoms with Gasteiger partial charge in [0.2, 0.25) is 5.91 Å². The summed E-state index contributed by atoms with van der Waals surface area (Å²) in [6, 6.07) is 7.59. The van der Waals surface area contributed by atoms with E-state index in [1.54, 1.807) is 4.90 Å². The predicted octanol–water partition coefficient (Wildman–Crippen LogP) is 1.44. The van der Waals surface area contributed by atoms with Gasteiger partial charge in [-0.15, -0.1) is 0 Å². The van der Waals surface area contributed by atoms with Gasteiger partial charge in [-0.25, -0.2) is 0 Å². The topological polar surface area (TPSA) is 66.8 Å². The lowest BCUT2D eigenvalue weighted by atomic mass is 9.99. The van der Waals surface area contributed by atoms with E-state index in [0.717, 1.165) is 17.7 Å². The highest BCUT2D eigenvalue weighted by Gasteiger charge is 2.39. The van der Waals surface area contributed by atoms with Gasteiger partial charge in [-0.05, 0) is 6.07 Å². The van der Waals surface area contributed by atoms with Gasteiger partial charge in [0.1, 0.15) is 5.75 Å². The lowest BCUT2D eigenvalue weighted by Crippen LogP contribution is -2.34. The highest BCUT2D eigenvalue weighted by molar-refractivity contribution is 5.86. The first kappa shape index (κ1) is 12.0. The lowest BCUT2D eigenvalue weighted by Gasteiger charge is -2.33. The normalized spacial score (nSPS) is 25.9. The second-order valence-corrected chi connectivity index (χ2v) is 4.98. The molecule has 0 aliphatic carbocycles. The summed E-state index contributed by atoms with van der Waals surface area (Å²) in [5.41, 5.74) is 0.980. The Labute approximate surface area is 110 Å². The maximum absolute atomic E-state index is 12.0. The van der Waals surface area contributed by atoms with E-state index in [4.69, 9.17) is 9.84 Å². The third kappa shape index (κ3) is 2.05. The van der Waals surface area contributed by atoms with Gasteiger partial charge in [0.05, 0.1) is 18.6 Å². The van der Waals surface area contributed by atoms with E-state index < -0.39 is 11.9 Å². The Morgan fingerprint density at radius 1 is 1.37 bits per heavy atom. The zero-order chi connectivity index (χ0) is 13.4. The van der Waals surface area contributed by atoms with Gasteiger partial charge in [-0.2, -0.15) is 0 Å². The van der Waals surface area contributed by atoms with Crippen LogP contribution in [0.3, 0.4) is 0 Å². The largest absolute Gasteiger partial charge is 0.493 e. The standard InChI is InChI=1S/C14H15NO4/c16-13-7-9(14(17)18)8-15(13)11-5-6-19-12-4-2-1-3-10(11)12/h1-4,9,11H,5-8H2,(H,17,18). The Hall–Kier alpha value is -2.04. The zero-order valence-electron chi connectivity index (χ0n) is 10.4. The monoisotopic (exact) mass is 261 g/mol. The van der Waals surface area contributed by atoms with Gasteiger partial charge in [-0.3, -0.25) is 9.59 Å². The number of nitrogens with zero attached hydrogens (tertiary/aromatic N) is 1. The highest BCUT2D eigenvalue weighted by Crippen LogP contribution is 2.38. The van der Waals surface area contributed by atoms with E-state index in [9.17, 15) is 9.59 Å². The number of rotatable bonds is 2. The Bertz CT molecular complexity index is 528. The molecule has 2 unspecified atom stereocenters. The van der Waals surface area contributed by atoms with Crippen LogP contribution in [0.25, 0.3) is 0 Å². The molecule has 1 amide bonds. The number of carbonyl (C=O) groups excluding carboxylic acids is 1. The summed E-state index contributed by atoms with van der Waals surface area (Å²) >= 11 is 0. The lowest BCUT2D eigenvalue weighted by molar-refractivity contribution is -0.141. The molecule has 1 fully saturated rings. The molecule has 3 rings (SSSR count). The van der Waals surface area contributed by atoms with Crippen LogP contribution in [0, 0.1) is 5.92 Å². The number of aliphatic carboxylic acids is 1. The number of carboxylic acid groups (broad SMARTS) is 1. The first-order chi connectivity index (χ1) is 9.16. The van der Waals surface area contributed by atoms with Gasteiger partial charge in [0.15, 0.2) is 0 Å². The van der Waals surface area contributed by atoms with Crippen molar-refractivity contribution in [1.29, 1.82) is 0 Å². The van der Waals surface area contributed by atoms with Crippen molar-refractivity contribution in [2.24, 2.45) is 5.92 Å². The van der Waals surface area contributed by atoms with Crippen molar-refractivity contribution in [3.63, 3.8) is 0 Å². The molecule has 2 aliphatic rings. The maximum Gasteiger partial charge on any atom is 0.308 e. The quantitative estimate of drug-likeness (QED) is 0.874. The minimum atomic E-state index is -0.892. The summed E-state index contributed by atoms with van der Waals surface area (Å²) in [5.74, 6) is -0.752. The van der Waals surface area contributed by atoms with Crippen molar-refractivity contribution < 1.29 is 19.4 Å². The van der Waals surface area contributed by atoms with Crippen molar-refractivity contribution in [3.8, 4) is 5.75 Å². The molecule has 1 N–H and O–H groups in total. The van der Waals surface area contributed by atoms with Gasteiger partial charge in [0.25, 0.3) is 0 Å². The van der Waals surface area contributed by atoms with Crippen LogP contribution in [0.15, 0.2) is 24.3 Å². The van der Waals surface area contributed by atoms with Crippen molar-refractivity contribution in [2.45, 2.75) is 18.9 Å². The number of hydrogen-bond donors (Lipinski definition) is 1. The summed E-state index contributed by atoms with van der Waals surface area (Å²) in [6.45, 7) is 0.858. The molecule has 2 atom stereocenters. The first-order valence-electron chi connectivity index (χ1n) is 6.41. The summed E-state index contributed by atoms with van der Waals surface area (Å²) in [7, 11) is 0. The molecule has 0 spiro atoms. The average Bonchev–Trinajstić information content (AvgIpc) is 2.80. The smallest absolute Gasteiger partial charge is 0.308 e. The molecule has 1 aromatic rings. The third-order valence-electron chi connectivity index (χ3n) is 3.81. The van der Waals surface area contributed by atoms with E-state index in [1.165, 1.54) is 0 Å². The molecule has 0 aromatic heterocycles. The number of carboxylic acids is 1. The second kappa shape index (κ2) is 4.57. The summed E-state index contributed by atoms with van der Waals surface area (Å²) in [4.78, 5) is 24.7. The number of amides is 1. The van der Waals surface area contributed by atoms with Gasteiger partial charge in [-0.1, -0.05) is 18.2 Å². The van der Waals surface area contributed by atoms with Crippen molar-refractivity contribution in [1.82, 2.24) is 4.90 Å². The van der Waals surface area contributed by atoms with Crippen LogP contribution in [-0.2, 0) is 9.59 Å². The van der Waals surface area contributed by atoms with Crippen LogP contribution in [0.2, 0.25) is 0 Å². The Morgan fingerprint density at radius 3 is 2.89 bits per heavy atom. The molecule has 2 heterocycles. The number of benzene rings is 1. The Morgan fingerprint density at radius 2 is 2.16 bits per heavy atom. The molecule has 1 saturated heterocycles. The number of fused-ring (bicyclic) bond motifs is 1. The molecular weight excluding hydrogens is 246 g/mol. The summed E-state index contributed by atoms with van der Waals surface area (Å²) < 4.78 is 5.57. The van der Waals surface area contributed by atoms with Crippen LogP contribution in [-0.4, -0.2) is 35.0 Å². The number of carbonyl (C=O) groups is 2. The fraction of sp³-hybridized carbons (Fsp3) is 0.429. The number of ether oxygens (including phenoxy) is 1. The van der Waals surface area contributed by atoms with E-state index in [0.29, 0.717) is 13.2 Å². The molecule has 2 aliphatic heterocycles. The minimum absolute atomic E-state index is 0.0539. The fourth-order valence-electron chi connectivity index (χ4n) is 2.85. The highest BCUT2D eigenvalue weighted by atomic mass is 16.5. The molecule has 5 nitrogen and oxygen atoms in total. The SMILES string of the molecule is O=C(O)C1CC(=O)N(C2CCOc3ccccc32)C1. The van der Waals surface area contributed by atoms with Crippen LogP contribution < -0.4 is 4.74 Å². The second-order valence-electron chi connectivity index (χ2n) is 4.98. The molecule has 0 saturated carbocycles. The fourth-order valence-corrected chi connectivity index (χ4v) is 2.85. The predicted molar refractivity (Wildman–Crippen MR) is 66.8 cm³/mol. The minimum Gasteiger partial charge on any atom is -0.493 e. The number of likely N-dealkylation sites (tertiary alicyclic amines) is 1. The van der Waals surface area contributed by atoms with Gasteiger partial charge in [0, 0.05) is 24.9 Å². The van der Waals surface area contributed by atoms with E-state index in [-0.39, 0.29) is 18.4 Å². The van der Waals surface area contributed by atoms with E-state index >= 15 is 0 Å². The summed E-state index contributed by atoms with van der Waals surface area (Å²) in [5, 5.41) is 9.04. The Kier molecular flexibility index (Phi) is 2.89. The van der Waals surface area contributed by atoms with Crippen LogP contribution in [0.4, 0.5) is 0 Å². The molecule has 0 bridgehead atoms. The summed E-state index contributed by atoms with van der Waals surface area (Å²) in [6.07, 6.45) is 0.823. The van der Waals surface area contributed by atoms with Crippen LogP contribution in [0.1, 0.15) is 24.4 Å². The molecule has 19 heavy (non-hydrogen) atoms. The number of hydrogen-bond acceptors (Lipinski definition) is 3. The zero-order valence-corrected chi connectivity index (χ0v) is 10.4.